The van der Waals surface area contributed by atoms with E-state index in [4.69, 9.17) is 10.8 Å². The Morgan fingerprint density at radius 2 is 1.74 bits per heavy atom. The van der Waals surface area contributed by atoms with Gasteiger partial charge in [-0.05, 0) is 12.1 Å². The second-order valence-corrected chi connectivity index (χ2v) is 3.84. The molecule has 1 aromatic rings. The third-order valence-electron chi connectivity index (χ3n) is 2.42. The van der Waals surface area contributed by atoms with Gasteiger partial charge in [-0.3, -0.25) is 4.79 Å². The minimum atomic E-state index is -1.88. The summed E-state index contributed by atoms with van der Waals surface area (Å²) in [5, 5.41) is 27.9. The smallest absolute Gasteiger partial charge is 0.336 e. The van der Waals surface area contributed by atoms with Crippen molar-refractivity contribution in [1.29, 1.82) is 0 Å². The number of carboxylic acids is 1. The molecule has 0 spiro atoms. The van der Waals surface area contributed by atoms with Crippen LogP contribution in [0.15, 0.2) is 12.1 Å². The summed E-state index contributed by atoms with van der Waals surface area (Å²) in [6.07, 6.45) is -4.26. The fraction of sp³-hybridized carbons (Fsp3) is 0.273. The lowest BCUT2D eigenvalue weighted by Crippen LogP contribution is -2.27. The molecule has 0 radical (unpaired) electrons. The molecule has 19 heavy (non-hydrogen) atoms. The molecule has 1 rings (SSSR count). The molecule has 8 heteroatoms. The van der Waals surface area contributed by atoms with Crippen LogP contribution in [0.4, 0.5) is 8.78 Å². The fourth-order valence-electron chi connectivity index (χ4n) is 1.52. The maximum Gasteiger partial charge on any atom is 0.336 e. The zero-order valence-corrected chi connectivity index (χ0v) is 9.51. The van der Waals surface area contributed by atoms with Gasteiger partial charge < -0.3 is 21.1 Å². The predicted octanol–water partition coefficient (Wildman–Crippen LogP) is -0.0673. The first-order chi connectivity index (χ1) is 8.73. The van der Waals surface area contributed by atoms with E-state index in [9.17, 15) is 28.6 Å². The molecule has 1 aromatic carbocycles. The largest absolute Gasteiger partial charge is 0.478 e. The molecule has 0 aliphatic rings. The first kappa shape index (κ1) is 15.0. The maximum absolute atomic E-state index is 13.1. The summed E-state index contributed by atoms with van der Waals surface area (Å²) >= 11 is 0. The number of carboxylic acid groups (broad SMARTS) is 1. The number of aliphatic hydroxyl groups excluding tert-OH is 2. The minimum Gasteiger partial charge on any atom is -0.478 e. The molecule has 5 N–H and O–H groups in total. The van der Waals surface area contributed by atoms with E-state index in [1.807, 2.05) is 0 Å². The van der Waals surface area contributed by atoms with Gasteiger partial charge in [0.1, 0.15) is 6.10 Å². The molecule has 0 saturated heterocycles. The molecule has 0 bridgehead atoms. The van der Waals surface area contributed by atoms with Gasteiger partial charge in [0.15, 0.2) is 11.6 Å². The lowest BCUT2D eigenvalue weighted by molar-refractivity contribution is -0.121. The van der Waals surface area contributed by atoms with Crippen molar-refractivity contribution in [3.63, 3.8) is 0 Å². The van der Waals surface area contributed by atoms with Crippen molar-refractivity contribution in [2.24, 2.45) is 5.73 Å². The number of aliphatic hydroxyl groups is 2. The molecule has 0 heterocycles. The lowest BCUT2D eigenvalue weighted by Gasteiger charge is -2.18. The monoisotopic (exact) mass is 275 g/mol. The van der Waals surface area contributed by atoms with Gasteiger partial charge >= 0.3 is 5.97 Å². The van der Waals surface area contributed by atoms with Crippen molar-refractivity contribution in [2.75, 3.05) is 0 Å². The van der Waals surface area contributed by atoms with Gasteiger partial charge in [0.05, 0.1) is 18.1 Å². The Kier molecular flexibility index (Phi) is 4.52. The number of carbonyl (C=O) groups is 2. The Morgan fingerprint density at radius 3 is 2.21 bits per heavy atom. The molecule has 2 unspecified atom stereocenters. The SMILES string of the molecule is NC(=O)CC(O)C(O)c1cc(F)c(F)cc1C(=O)O. The number of amides is 1. The van der Waals surface area contributed by atoms with Crippen LogP contribution in [0, 0.1) is 11.6 Å². The molecule has 0 aliphatic carbocycles. The van der Waals surface area contributed by atoms with Crippen LogP contribution in [0.3, 0.4) is 0 Å². The van der Waals surface area contributed by atoms with Crippen molar-refractivity contribution in [3.05, 3.63) is 34.9 Å². The molecular weight excluding hydrogens is 264 g/mol. The Bertz CT molecular complexity index is 520. The van der Waals surface area contributed by atoms with Gasteiger partial charge in [-0.1, -0.05) is 0 Å². The third-order valence-corrected chi connectivity index (χ3v) is 2.42. The standard InChI is InChI=1S/C11H11F2NO5/c12-6-1-4(5(11(18)19)2-7(6)13)10(17)8(15)3-9(14)16/h1-2,8,10,15,17H,3H2,(H2,14,16)(H,18,19). The second kappa shape index (κ2) is 5.72. The van der Waals surface area contributed by atoms with Gasteiger partial charge in [-0.25, -0.2) is 13.6 Å². The number of halogens is 2. The van der Waals surface area contributed by atoms with Crippen molar-refractivity contribution in [2.45, 2.75) is 18.6 Å². The van der Waals surface area contributed by atoms with Crippen molar-refractivity contribution in [1.82, 2.24) is 0 Å². The van der Waals surface area contributed by atoms with Gasteiger partial charge in [0.2, 0.25) is 5.91 Å². The van der Waals surface area contributed by atoms with Gasteiger partial charge in [0, 0.05) is 5.56 Å². The van der Waals surface area contributed by atoms with Gasteiger partial charge in [-0.15, -0.1) is 0 Å². The Labute approximate surface area is 106 Å². The van der Waals surface area contributed by atoms with Crippen LogP contribution in [-0.4, -0.2) is 33.3 Å². The van der Waals surface area contributed by atoms with Crippen LogP contribution in [0.2, 0.25) is 0 Å². The minimum absolute atomic E-state index is 0.382. The van der Waals surface area contributed by atoms with E-state index >= 15 is 0 Å². The summed E-state index contributed by atoms with van der Waals surface area (Å²) in [5.41, 5.74) is 3.55. The Morgan fingerprint density at radius 1 is 1.21 bits per heavy atom. The van der Waals surface area contributed by atoms with Crippen LogP contribution >= 0.6 is 0 Å². The van der Waals surface area contributed by atoms with Gasteiger partial charge in [-0.2, -0.15) is 0 Å². The number of primary amides is 1. The highest BCUT2D eigenvalue weighted by Crippen LogP contribution is 2.25. The second-order valence-electron chi connectivity index (χ2n) is 3.84. The van der Waals surface area contributed by atoms with Crippen LogP contribution in [0.5, 0.6) is 0 Å². The van der Waals surface area contributed by atoms with Crippen LogP contribution in [0.1, 0.15) is 28.4 Å². The average Bonchev–Trinajstić information content (AvgIpc) is 2.29. The fourth-order valence-corrected chi connectivity index (χ4v) is 1.52. The zero-order valence-electron chi connectivity index (χ0n) is 9.51. The molecule has 2 atom stereocenters. The summed E-state index contributed by atoms with van der Waals surface area (Å²) in [6.45, 7) is 0. The topological polar surface area (TPSA) is 121 Å². The highest BCUT2D eigenvalue weighted by molar-refractivity contribution is 5.89. The third kappa shape index (κ3) is 3.46. The van der Waals surface area contributed by atoms with E-state index in [-0.39, 0.29) is 0 Å². The molecule has 0 saturated carbocycles. The van der Waals surface area contributed by atoms with E-state index in [0.717, 1.165) is 0 Å². The van der Waals surface area contributed by atoms with Crippen molar-refractivity contribution in [3.8, 4) is 0 Å². The van der Waals surface area contributed by atoms with Crippen molar-refractivity contribution < 1.29 is 33.7 Å². The van der Waals surface area contributed by atoms with E-state index in [1.54, 1.807) is 0 Å². The van der Waals surface area contributed by atoms with E-state index in [2.05, 4.69) is 0 Å². The Balaban J connectivity index is 3.21. The van der Waals surface area contributed by atoms with Crippen LogP contribution in [-0.2, 0) is 4.79 Å². The number of rotatable bonds is 5. The first-order valence-corrected chi connectivity index (χ1v) is 5.10. The molecule has 0 aromatic heterocycles. The summed E-state index contributed by atoms with van der Waals surface area (Å²) in [7, 11) is 0. The predicted molar refractivity (Wildman–Crippen MR) is 58.1 cm³/mol. The molecular formula is C11H11F2NO5. The molecule has 104 valence electrons. The first-order valence-electron chi connectivity index (χ1n) is 5.10. The molecule has 6 nitrogen and oxygen atoms in total. The summed E-state index contributed by atoms with van der Waals surface area (Å²) in [4.78, 5) is 21.4. The van der Waals surface area contributed by atoms with Crippen LogP contribution in [0.25, 0.3) is 0 Å². The Hall–Kier alpha value is -2.06. The summed E-state index contributed by atoms with van der Waals surface area (Å²) in [5.74, 6) is -5.34. The highest BCUT2D eigenvalue weighted by Gasteiger charge is 2.26. The number of hydrogen-bond acceptors (Lipinski definition) is 4. The number of carbonyl (C=O) groups excluding carboxylic acids is 1. The number of nitrogens with two attached hydrogens (primary N) is 1. The lowest BCUT2D eigenvalue weighted by atomic mass is 9.96. The maximum atomic E-state index is 13.1. The van der Waals surface area contributed by atoms with Crippen molar-refractivity contribution >= 4 is 11.9 Å². The normalized spacial score (nSPS) is 13.9. The number of hydrogen-bond donors (Lipinski definition) is 4. The van der Waals surface area contributed by atoms with E-state index in [1.165, 1.54) is 0 Å². The molecule has 1 amide bonds. The molecule has 0 fully saturated rings. The number of benzene rings is 1. The quantitative estimate of drug-likeness (QED) is 0.599. The van der Waals surface area contributed by atoms with Crippen LogP contribution < -0.4 is 5.73 Å². The van der Waals surface area contributed by atoms with Gasteiger partial charge in [0.25, 0.3) is 0 Å². The summed E-state index contributed by atoms with van der Waals surface area (Å²) < 4.78 is 26.0. The highest BCUT2D eigenvalue weighted by atomic mass is 19.2. The number of aromatic carboxylic acids is 1. The summed E-state index contributed by atoms with van der Waals surface area (Å²) in [6, 6.07) is 0.834. The zero-order chi connectivity index (χ0) is 14.7. The van der Waals surface area contributed by atoms with E-state index < -0.39 is 53.3 Å². The molecule has 0 aliphatic heterocycles. The average molecular weight is 275 g/mol. The van der Waals surface area contributed by atoms with E-state index in [0.29, 0.717) is 12.1 Å².